The van der Waals surface area contributed by atoms with Crippen molar-refractivity contribution in [2.24, 2.45) is 5.73 Å². The number of piperazine rings is 1. The summed E-state index contributed by atoms with van der Waals surface area (Å²) in [5.41, 5.74) is 2.18. The fourth-order valence-electron chi connectivity index (χ4n) is 1.67. The zero-order valence-corrected chi connectivity index (χ0v) is 10.3. The van der Waals surface area contributed by atoms with Crippen molar-refractivity contribution in [2.75, 3.05) is 26.2 Å². The predicted octanol–water partition coefficient (Wildman–Crippen LogP) is -0.0432. The Morgan fingerprint density at radius 2 is 1.44 bits per heavy atom. The maximum Gasteiger partial charge on any atom is 0.415 e. The van der Waals surface area contributed by atoms with E-state index in [0.29, 0.717) is 6.92 Å². The number of alkyl halides is 3. The number of rotatable bonds is 1. The molecule has 0 aromatic carbocycles. The SMILES string of the molecule is CC(=O)N1CCN(C(=O)C(C)(N)C(F)(F)F)CC1. The van der Waals surface area contributed by atoms with Crippen molar-refractivity contribution in [2.45, 2.75) is 25.6 Å². The van der Waals surface area contributed by atoms with Crippen LogP contribution in [0.15, 0.2) is 0 Å². The van der Waals surface area contributed by atoms with Crippen LogP contribution in [0.5, 0.6) is 0 Å². The average Bonchev–Trinajstić information content (AvgIpc) is 2.26. The van der Waals surface area contributed by atoms with Gasteiger partial charge in [-0.1, -0.05) is 0 Å². The molecule has 0 saturated carbocycles. The van der Waals surface area contributed by atoms with Gasteiger partial charge in [0.2, 0.25) is 5.91 Å². The molecule has 1 fully saturated rings. The van der Waals surface area contributed by atoms with Crippen LogP contribution in [0.3, 0.4) is 0 Å². The molecule has 0 bridgehead atoms. The van der Waals surface area contributed by atoms with E-state index in [1.807, 2.05) is 0 Å². The summed E-state index contributed by atoms with van der Waals surface area (Å²) < 4.78 is 37.8. The standard InChI is InChI=1S/C10H16F3N3O2/c1-7(17)15-3-5-16(6-4-15)8(18)9(2,14)10(11,12)13/h3-6,14H2,1-2H3. The Hall–Kier alpha value is -1.31. The van der Waals surface area contributed by atoms with Gasteiger partial charge in [0.25, 0.3) is 5.91 Å². The molecule has 1 saturated heterocycles. The van der Waals surface area contributed by atoms with Gasteiger partial charge in [0.05, 0.1) is 0 Å². The number of hydrogen-bond donors (Lipinski definition) is 1. The summed E-state index contributed by atoms with van der Waals surface area (Å²) in [4.78, 5) is 25.3. The molecule has 1 heterocycles. The van der Waals surface area contributed by atoms with Crippen LogP contribution in [0.4, 0.5) is 13.2 Å². The van der Waals surface area contributed by atoms with E-state index in [1.165, 1.54) is 11.8 Å². The highest BCUT2D eigenvalue weighted by Gasteiger charge is 2.55. The highest BCUT2D eigenvalue weighted by Crippen LogP contribution is 2.29. The van der Waals surface area contributed by atoms with Crippen LogP contribution in [-0.2, 0) is 9.59 Å². The quantitative estimate of drug-likeness (QED) is 0.724. The van der Waals surface area contributed by atoms with Gasteiger partial charge in [0, 0.05) is 33.1 Å². The number of hydrogen-bond acceptors (Lipinski definition) is 3. The molecule has 5 nitrogen and oxygen atoms in total. The van der Waals surface area contributed by atoms with Crippen LogP contribution in [0.1, 0.15) is 13.8 Å². The van der Waals surface area contributed by atoms with E-state index < -0.39 is 17.6 Å². The van der Waals surface area contributed by atoms with Crippen LogP contribution in [0.2, 0.25) is 0 Å². The molecular weight excluding hydrogens is 251 g/mol. The van der Waals surface area contributed by atoms with Crippen LogP contribution < -0.4 is 5.73 Å². The fourth-order valence-corrected chi connectivity index (χ4v) is 1.67. The monoisotopic (exact) mass is 267 g/mol. The second kappa shape index (κ2) is 4.75. The lowest BCUT2D eigenvalue weighted by atomic mass is 10.0. The minimum absolute atomic E-state index is 0.0707. The molecule has 1 unspecified atom stereocenters. The van der Waals surface area contributed by atoms with Gasteiger partial charge in [-0.15, -0.1) is 0 Å². The van der Waals surface area contributed by atoms with E-state index in [0.717, 1.165) is 4.90 Å². The molecular formula is C10H16F3N3O2. The van der Waals surface area contributed by atoms with E-state index in [9.17, 15) is 22.8 Å². The van der Waals surface area contributed by atoms with Gasteiger partial charge in [-0.3, -0.25) is 9.59 Å². The molecule has 1 rings (SSSR count). The molecule has 1 aliphatic heterocycles. The van der Waals surface area contributed by atoms with Crippen molar-refractivity contribution < 1.29 is 22.8 Å². The third-order valence-corrected chi connectivity index (χ3v) is 3.05. The van der Waals surface area contributed by atoms with Crippen molar-refractivity contribution in [1.29, 1.82) is 0 Å². The van der Waals surface area contributed by atoms with Gasteiger partial charge in [0.15, 0.2) is 5.54 Å². The molecule has 104 valence electrons. The first-order valence-electron chi connectivity index (χ1n) is 5.48. The number of nitrogens with zero attached hydrogens (tertiary/aromatic N) is 2. The Morgan fingerprint density at radius 1 is 1.06 bits per heavy atom. The summed E-state index contributed by atoms with van der Waals surface area (Å²) in [5.74, 6) is -1.31. The Kier molecular flexibility index (Phi) is 3.89. The third kappa shape index (κ3) is 2.74. The average molecular weight is 267 g/mol. The molecule has 2 amide bonds. The lowest BCUT2D eigenvalue weighted by Gasteiger charge is -2.38. The van der Waals surface area contributed by atoms with E-state index in [1.54, 1.807) is 0 Å². The molecule has 1 aliphatic rings. The minimum atomic E-state index is -4.79. The molecule has 0 aliphatic carbocycles. The zero-order valence-electron chi connectivity index (χ0n) is 10.3. The zero-order chi connectivity index (χ0) is 14.1. The lowest BCUT2D eigenvalue weighted by molar-refractivity contribution is -0.194. The lowest BCUT2D eigenvalue weighted by Crippen LogP contribution is -2.64. The smallest absolute Gasteiger partial charge is 0.339 e. The maximum atomic E-state index is 12.6. The van der Waals surface area contributed by atoms with Crippen molar-refractivity contribution in [3.05, 3.63) is 0 Å². The second-order valence-electron chi connectivity index (χ2n) is 4.50. The summed E-state index contributed by atoms with van der Waals surface area (Å²) in [6.45, 7) is 2.64. The Bertz CT molecular complexity index is 347. The van der Waals surface area contributed by atoms with Gasteiger partial charge < -0.3 is 15.5 Å². The van der Waals surface area contributed by atoms with Crippen LogP contribution >= 0.6 is 0 Å². The van der Waals surface area contributed by atoms with Crippen molar-refractivity contribution in [3.8, 4) is 0 Å². The Balaban J connectivity index is 2.69. The van der Waals surface area contributed by atoms with E-state index >= 15 is 0 Å². The molecule has 0 radical (unpaired) electrons. The summed E-state index contributed by atoms with van der Waals surface area (Å²) >= 11 is 0. The van der Waals surface area contributed by atoms with Gasteiger partial charge in [-0.05, 0) is 6.92 Å². The molecule has 2 N–H and O–H groups in total. The van der Waals surface area contributed by atoms with Crippen molar-refractivity contribution in [3.63, 3.8) is 0 Å². The number of nitrogens with two attached hydrogens (primary N) is 1. The molecule has 18 heavy (non-hydrogen) atoms. The highest BCUT2D eigenvalue weighted by molar-refractivity contribution is 5.87. The first-order valence-corrected chi connectivity index (χ1v) is 5.48. The van der Waals surface area contributed by atoms with Crippen LogP contribution in [0, 0.1) is 0 Å². The number of amides is 2. The minimum Gasteiger partial charge on any atom is -0.339 e. The molecule has 0 spiro atoms. The Morgan fingerprint density at radius 3 is 1.78 bits per heavy atom. The summed E-state index contributed by atoms with van der Waals surface area (Å²) in [5, 5.41) is 0. The highest BCUT2D eigenvalue weighted by atomic mass is 19.4. The first-order chi connectivity index (χ1) is 8.07. The normalized spacial score (nSPS) is 20.6. The summed E-state index contributed by atoms with van der Waals surface area (Å²) in [7, 11) is 0. The van der Waals surface area contributed by atoms with Gasteiger partial charge >= 0.3 is 6.18 Å². The largest absolute Gasteiger partial charge is 0.415 e. The molecule has 8 heteroatoms. The second-order valence-corrected chi connectivity index (χ2v) is 4.50. The number of halogens is 3. The maximum absolute atomic E-state index is 12.6. The predicted molar refractivity (Wildman–Crippen MR) is 57.5 cm³/mol. The van der Waals surface area contributed by atoms with E-state index in [4.69, 9.17) is 5.73 Å². The van der Waals surface area contributed by atoms with Gasteiger partial charge in [-0.25, -0.2) is 0 Å². The fraction of sp³-hybridized carbons (Fsp3) is 0.800. The number of carbonyl (C=O) groups excluding carboxylic acids is 2. The topological polar surface area (TPSA) is 66.6 Å². The molecule has 0 aromatic rings. The first kappa shape index (κ1) is 14.7. The third-order valence-electron chi connectivity index (χ3n) is 3.05. The van der Waals surface area contributed by atoms with Crippen LogP contribution in [-0.4, -0.2) is 59.5 Å². The molecule has 1 atom stereocenters. The van der Waals surface area contributed by atoms with Gasteiger partial charge in [-0.2, -0.15) is 13.2 Å². The Labute approximate surface area is 103 Å². The molecule has 0 aromatic heterocycles. The van der Waals surface area contributed by atoms with E-state index in [-0.39, 0.29) is 32.1 Å². The van der Waals surface area contributed by atoms with Crippen molar-refractivity contribution in [1.82, 2.24) is 9.80 Å². The van der Waals surface area contributed by atoms with Gasteiger partial charge in [0.1, 0.15) is 0 Å². The van der Waals surface area contributed by atoms with Crippen molar-refractivity contribution >= 4 is 11.8 Å². The summed E-state index contributed by atoms with van der Waals surface area (Å²) in [6.07, 6.45) is -4.79. The summed E-state index contributed by atoms with van der Waals surface area (Å²) in [6, 6.07) is 0. The van der Waals surface area contributed by atoms with Crippen LogP contribution in [0.25, 0.3) is 0 Å². The van der Waals surface area contributed by atoms with E-state index in [2.05, 4.69) is 0 Å². The number of carbonyl (C=O) groups is 2.